The predicted molar refractivity (Wildman–Crippen MR) is 99.6 cm³/mol. The van der Waals surface area contributed by atoms with Gasteiger partial charge in [-0.2, -0.15) is 0 Å². The molecule has 0 aliphatic heterocycles. The zero-order valence-electron chi connectivity index (χ0n) is 14.3. The minimum atomic E-state index is -1.01. The second-order valence-electron chi connectivity index (χ2n) is 6.15. The van der Waals surface area contributed by atoms with Crippen molar-refractivity contribution in [3.8, 4) is 16.8 Å². The van der Waals surface area contributed by atoms with Gasteiger partial charge in [-0.1, -0.05) is 6.07 Å². The monoisotopic (exact) mass is 364 g/mol. The summed E-state index contributed by atoms with van der Waals surface area (Å²) in [5, 5.41) is 0.740. The van der Waals surface area contributed by atoms with Gasteiger partial charge in [0.15, 0.2) is 11.6 Å². The number of halogens is 2. The number of aromatic nitrogens is 3. The van der Waals surface area contributed by atoms with Gasteiger partial charge < -0.3 is 5.73 Å². The Kier molecular flexibility index (Phi) is 3.92. The van der Waals surface area contributed by atoms with Crippen LogP contribution in [0.3, 0.4) is 0 Å². The van der Waals surface area contributed by atoms with E-state index in [1.807, 2.05) is 6.92 Å². The Balaban J connectivity index is 1.92. The fourth-order valence-electron chi connectivity index (χ4n) is 3.02. The zero-order chi connectivity index (χ0) is 19.1. The lowest BCUT2D eigenvalue weighted by Crippen LogP contribution is -2.20. The fraction of sp³-hybridized carbons (Fsp3) is 0.0500. The molecule has 2 N–H and O–H groups in total. The number of rotatable bonds is 2. The van der Waals surface area contributed by atoms with Gasteiger partial charge in [0.1, 0.15) is 0 Å². The van der Waals surface area contributed by atoms with E-state index in [1.165, 1.54) is 10.6 Å². The highest BCUT2D eigenvalue weighted by Crippen LogP contribution is 2.24. The number of hydrogen-bond donors (Lipinski definition) is 1. The molecule has 0 bridgehead atoms. The highest BCUT2D eigenvalue weighted by Gasteiger charge is 2.13. The van der Waals surface area contributed by atoms with Gasteiger partial charge in [0.25, 0.3) is 5.56 Å². The van der Waals surface area contributed by atoms with Gasteiger partial charge in [-0.15, -0.1) is 0 Å². The van der Waals surface area contributed by atoms with Crippen molar-refractivity contribution >= 4 is 16.9 Å². The van der Waals surface area contributed by atoms with Crippen LogP contribution in [0.25, 0.3) is 27.7 Å². The van der Waals surface area contributed by atoms with Crippen molar-refractivity contribution in [3.63, 3.8) is 0 Å². The molecule has 0 spiro atoms. The first kappa shape index (κ1) is 16.8. The Morgan fingerprint density at radius 3 is 2.63 bits per heavy atom. The Morgan fingerprint density at radius 2 is 1.85 bits per heavy atom. The van der Waals surface area contributed by atoms with E-state index >= 15 is 0 Å². The number of nitrogens with two attached hydrogens (primary N) is 1. The lowest BCUT2D eigenvalue weighted by atomic mass is 10.0. The van der Waals surface area contributed by atoms with Gasteiger partial charge in [-0.05, 0) is 48.4 Å². The van der Waals surface area contributed by atoms with Gasteiger partial charge in [0.2, 0.25) is 5.95 Å². The third-order valence-corrected chi connectivity index (χ3v) is 4.37. The number of aryl methyl sites for hydroxylation is 1. The Bertz CT molecular complexity index is 1250. The summed E-state index contributed by atoms with van der Waals surface area (Å²) in [5.74, 6) is -1.80. The summed E-state index contributed by atoms with van der Waals surface area (Å²) in [6.07, 6.45) is 3.13. The van der Waals surface area contributed by atoms with Gasteiger partial charge in [-0.3, -0.25) is 9.36 Å². The standard InChI is InChI=1S/C20H14F2N4O/c1-11-6-7-26(14-3-4-15(21)16(22)9-14)19(27)18(11)12-2-5-17-13(8-12)10-24-20(23)25-17/h2-10H,1H3,(H2,23,24,25). The van der Waals surface area contributed by atoms with Crippen LogP contribution in [0.5, 0.6) is 0 Å². The van der Waals surface area contributed by atoms with Crippen molar-refractivity contribution in [3.05, 3.63) is 82.4 Å². The number of fused-ring (bicyclic) bond motifs is 1. The van der Waals surface area contributed by atoms with Crippen LogP contribution >= 0.6 is 0 Å². The van der Waals surface area contributed by atoms with Crippen LogP contribution in [0.15, 0.2) is 59.7 Å². The third-order valence-electron chi connectivity index (χ3n) is 4.37. The fourth-order valence-corrected chi connectivity index (χ4v) is 3.02. The molecule has 0 radical (unpaired) electrons. The van der Waals surface area contributed by atoms with E-state index < -0.39 is 11.6 Å². The molecule has 2 aromatic carbocycles. The molecule has 5 nitrogen and oxygen atoms in total. The van der Waals surface area contributed by atoms with Crippen molar-refractivity contribution in [1.29, 1.82) is 0 Å². The number of nitrogens with zero attached hydrogens (tertiary/aromatic N) is 3. The van der Waals surface area contributed by atoms with Crippen molar-refractivity contribution in [2.45, 2.75) is 6.92 Å². The first-order valence-corrected chi connectivity index (χ1v) is 8.14. The van der Waals surface area contributed by atoms with E-state index in [-0.39, 0.29) is 17.2 Å². The summed E-state index contributed by atoms with van der Waals surface area (Å²) in [5.41, 5.74) is 8.07. The predicted octanol–water partition coefficient (Wildman–Crippen LogP) is 3.62. The summed E-state index contributed by atoms with van der Waals surface area (Å²) in [6, 6.07) is 10.4. The van der Waals surface area contributed by atoms with Crippen LogP contribution in [0.2, 0.25) is 0 Å². The van der Waals surface area contributed by atoms with Gasteiger partial charge in [0.05, 0.1) is 16.8 Å². The largest absolute Gasteiger partial charge is 0.368 e. The van der Waals surface area contributed by atoms with Crippen LogP contribution in [0.1, 0.15) is 5.56 Å². The van der Waals surface area contributed by atoms with Crippen LogP contribution in [0, 0.1) is 18.6 Å². The van der Waals surface area contributed by atoms with Crippen molar-refractivity contribution < 1.29 is 8.78 Å². The minimum absolute atomic E-state index is 0.173. The maximum absolute atomic E-state index is 13.6. The molecule has 27 heavy (non-hydrogen) atoms. The zero-order valence-corrected chi connectivity index (χ0v) is 14.3. The molecule has 2 aromatic heterocycles. The van der Waals surface area contributed by atoms with Gasteiger partial charge in [-0.25, -0.2) is 18.7 Å². The Hall–Kier alpha value is -3.61. The van der Waals surface area contributed by atoms with Crippen molar-refractivity contribution in [1.82, 2.24) is 14.5 Å². The lowest BCUT2D eigenvalue weighted by Gasteiger charge is -2.12. The second-order valence-corrected chi connectivity index (χ2v) is 6.15. The summed E-state index contributed by atoms with van der Waals surface area (Å²) < 4.78 is 28.1. The smallest absolute Gasteiger partial charge is 0.263 e. The molecule has 0 fully saturated rings. The van der Waals surface area contributed by atoms with Crippen molar-refractivity contribution in [2.75, 3.05) is 5.73 Å². The van der Waals surface area contributed by atoms with E-state index in [0.29, 0.717) is 16.6 Å². The molecule has 4 rings (SSSR count). The highest BCUT2D eigenvalue weighted by molar-refractivity contribution is 5.85. The summed E-state index contributed by atoms with van der Waals surface area (Å²) in [7, 11) is 0. The average molecular weight is 364 g/mol. The van der Waals surface area contributed by atoms with Crippen LogP contribution < -0.4 is 11.3 Å². The van der Waals surface area contributed by atoms with Gasteiger partial charge >= 0.3 is 0 Å². The maximum atomic E-state index is 13.6. The molecular weight excluding hydrogens is 350 g/mol. The number of benzene rings is 2. The molecule has 0 saturated carbocycles. The molecule has 0 atom stereocenters. The average Bonchev–Trinajstić information content (AvgIpc) is 2.64. The molecule has 134 valence electrons. The maximum Gasteiger partial charge on any atom is 0.263 e. The second kappa shape index (κ2) is 6.28. The van der Waals surface area contributed by atoms with Crippen LogP contribution in [-0.2, 0) is 0 Å². The van der Waals surface area contributed by atoms with Gasteiger partial charge in [0, 0.05) is 23.8 Å². The summed E-state index contributed by atoms with van der Waals surface area (Å²) in [6.45, 7) is 1.82. The summed E-state index contributed by atoms with van der Waals surface area (Å²) in [4.78, 5) is 21.2. The number of hydrogen-bond acceptors (Lipinski definition) is 4. The minimum Gasteiger partial charge on any atom is -0.368 e. The number of nitrogen functional groups attached to an aromatic ring is 1. The highest BCUT2D eigenvalue weighted by atomic mass is 19.2. The number of pyridine rings is 1. The van der Waals surface area contributed by atoms with Crippen LogP contribution in [-0.4, -0.2) is 14.5 Å². The molecule has 4 aromatic rings. The van der Waals surface area contributed by atoms with E-state index in [1.54, 1.807) is 36.7 Å². The molecule has 0 saturated heterocycles. The van der Waals surface area contributed by atoms with E-state index in [9.17, 15) is 13.6 Å². The first-order valence-electron chi connectivity index (χ1n) is 8.14. The molecule has 0 aliphatic rings. The SMILES string of the molecule is Cc1ccn(-c2ccc(F)c(F)c2)c(=O)c1-c1ccc2nc(N)ncc2c1. The Morgan fingerprint density at radius 1 is 1.04 bits per heavy atom. The normalized spacial score (nSPS) is 11.1. The third kappa shape index (κ3) is 2.93. The first-order chi connectivity index (χ1) is 12.9. The van der Waals surface area contributed by atoms with E-state index in [4.69, 9.17) is 5.73 Å². The lowest BCUT2D eigenvalue weighted by molar-refractivity contribution is 0.508. The molecule has 0 aliphatic carbocycles. The molecule has 7 heteroatoms. The van der Waals surface area contributed by atoms with Crippen molar-refractivity contribution in [2.24, 2.45) is 0 Å². The summed E-state index contributed by atoms with van der Waals surface area (Å²) >= 11 is 0. The van der Waals surface area contributed by atoms with E-state index in [0.717, 1.165) is 23.1 Å². The Labute approximate surface area is 152 Å². The molecule has 0 unspecified atom stereocenters. The number of anilines is 1. The topological polar surface area (TPSA) is 73.8 Å². The van der Waals surface area contributed by atoms with E-state index in [2.05, 4.69) is 9.97 Å². The molecular formula is C20H14F2N4O. The molecule has 0 amide bonds. The van der Waals surface area contributed by atoms with Crippen LogP contribution in [0.4, 0.5) is 14.7 Å². The quantitative estimate of drug-likeness (QED) is 0.590. The molecule has 2 heterocycles.